The number of carbonyl (C=O) groups excluding carboxylic acids is 1. The first-order valence-corrected chi connectivity index (χ1v) is 9.96. The zero-order chi connectivity index (χ0) is 17.3. The summed E-state index contributed by atoms with van der Waals surface area (Å²) >= 11 is 0. The van der Waals surface area contributed by atoms with Crippen LogP contribution in [0.3, 0.4) is 0 Å². The van der Waals surface area contributed by atoms with Gasteiger partial charge in [-0.25, -0.2) is 13.1 Å². The Bertz CT molecular complexity index is 844. The second-order valence-electron chi connectivity index (χ2n) is 6.73. The molecule has 1 aliphatic rings. The molecule has 0 spiro atoms. The second kappa shape index (κ2) is 6.51. The highest BCUT2D eigenvalue weighted by Gasteiger charge is 2.35. The number of aromatic nitrogens is 3. The van der Waals surface area contributed by atoms with Crippen molar-refractivity contribution in [1.82, 2.24) is 19.9 Å². The monoisotopic (exact) mass is 350 g/mol. The van der Waals surface area contributed by atoms with Crippen LogP contribution >= 0.6 is 0 Å². The summed E-state index contributed by atoms with van der Waals surface area (Å²) in [4.78, 5) is 14.5. The molecule has 1 fully saturated rings. The van der Waals surface area contributed by atoms with Crippen molar-refractivity contribution in [2.45, 2.75) is 32.9 Å². The van der Waals surface area contributed by atoms with Crippen LogP contribution in [0.2, 0.25) is 0 Å². The van der Waals surface area contributed by atoms with Crippen molar-refractivity contribution in [3.8, 4) is 0 Å². The van der Waals surface area contributed by atoms with Crippen LogP contribution in [0.4, 0.5) is 0 Å². The van der Waals surface area contributed by atoms with Gasteiger partial charge in [-0.05, 0) is 24.5 Å². The van der Waals surface area contributed by atoms with E-state index in [4.69, 9.17) is 0 Å². The zero-order valence-electron chi connectivity index (χ0n) is 13.9. The number of hydrogen-bond donors (Lipinski definition) is 0. The van der Waals surface area contributed by atoms with Gasteiger partial charge in [0.1, 0.15) is 12.1 Å². The minimum absolute atomic E-state index is 0.0591. The van der Waals surface area contributed by atoms with E-state index in [1.807, 2.05) is 38.1 Å². The Morgan fingerprint density at radius 3 is 2.79 bits per heavy atom. The molecule has 1 atom stereocenters. The highest BCUT2D eigenvalue weighted by molar-refractivity contribution is 7.91. The lowest BCUT2D eigenvalue weighted by molar-refractivity contribution is -0.134. The van der Waals surface area contributed by atoms with Crippen molar-refractivity contribution in [2.75, 3.05) is 18.1 Å². The molecule has 1 saturated heterocycles. The molecule has 0 N–H and O–H groups in total. The fraction of sp³-hybridized carbons (Fsp3) is 0.562. The lowest BCUT2D eigenvalue weighted by Gasteiger charge is -2.30. The molecule has 2 heterocycles. The lowest BCUT2D eigenvalue weighted by Crippen LogP contribution is -2.44. The molecular weight excluding hydrogens is 328 g/mol. The maximum atomic E-state index is 12.8. The van der Waals surface area contributed by atoms with Crippen molar-refractivity contribution in [3.63, 3.8) is 0 Å². The number of hydrogen-bond acceptors (Lipinski definition) is 5. The summed E-state index contributed by atoms with van der Waals surface area (Å²) in [6.45, 7) is 4.67. The molecule has 0 bridgehead atoms. The summed E-state index contributed by atoms with van der Waals surface area (Å²) in [5, 5.41) is 8.11. The van der Waals surface area contributed by atoms with Gasteiger partial charge in [0, 0.05) is 12.6 Å². The van der Waals surface area contributed by atoms with E-state index >= 15 is 0 Å². The number of fused-ring (bicyclic) bond motifs is 1. The molecule has 0 saturated carbocycles. The number of para-hydroxylation sites is 1. The van der Waals surface area contributed by atoms with Crippen molar-refractivity contribution in [3.05, 3.63) is 24.3 Å². The Balaban J connectivity index is 1.81. The minimum atomic E-state index is -3.04. The molecule has 24 heavy (non-hydrogen) atoms. The summed E-state index contributed by atoms with van der Waals surface area (Å²) in [7, 11) is -3.04. The van der Waals surface area contributed by atoms with Crippen LogP contribution in [0, 0.1) is 5.92 Å². The van der Waals surface area contributed by atoms with Gasteiger partial charge in [0.15, 0.2) is 9.84 Å². The first kappa shape index (κ1) is 16.9. The number of benzene rings is 1. The number of nitrogens with zero attached hydrogens (tertiary/aromatic N) is 4. The van der Waals surface area contributed by atoms with Gasteiger partial charge in [-0.1, -0.05) is 31.2 Å². The fourth-order valence-electron chi connectivity index (χ4n) is 3.12. The molecule has 0 unspecified atom stereocenters. The number of rotatable bonds is 5. The van der Waals surface area contributed by atoms with E-state index in [1.54, 1.807) is 9.58 Å². The van der Waals surface area contributed by atoms with E-state index < -0.39 is 9.84 Å². The normalized spacial score (nSPS) is 19.9. The van der Waals surface area contributed by atoms with Crippen LogP contribution in [0.15, 0.2) is 24.3 Å². The number of sulfone groups is 1. The van der Waals surface area contributed by atoms with E-state index in [0.29, 0.717) is 13.0 Å². The van der Waals surface area contributed by atoms with Gasteiger partial charge in [0.2, 0.25) is 5.91 Å². The maximum Gasteiger partial charge on any atom is 0.244 e. The highest BCUT2D eigenvalue weighted by Crippen LogP contribution is 2.20. The molecule has 3 rings (SSSR count). The molecule has 8 heteroatoms. The number of amides is 1. The highest BCUT2D eigenvalue weighted by atomic mass is 32.2. The van der Waals surface area contributed by atoms with Crippen LogP contribution in [0.1, 0.15) is 20.3 Å². The Morgan fingerprint density at radius 1 is 1.38 bits per heavy atom. The predicted molar refractivity (Wildman–Crippen MR) is 91.1 cm³/mol. The van der Waals surface area contributed by atoms with Gasteiger partial charge in [-0.2, -0.15) is 0 Å². The van der Waals surface area contributed by atoms with Crippen LogP contribution in [0.25, 0.3) is 11.0 Å². The maximum absolute atomic E-state index is 12.8. The molecule has 7 nitrogen and oxygen atoms in total. The van der Waals surface area contributed by atoms with Crippen molar-refractivity contribution in [1.29, 1.82) is 0 Å². The van der Waals surface area contributed by atoms with Gasteiger partial charge < -0.3 is 4.90 Å². The van der Waals surface area contributed by atoms with E-state index in [2.05, 4.69) is 10.3 Å². The first-order chi connectivity index (χ1) is 11.4. The summed E-state index contributed by atoms with van der Waals surface area (Å²) in [5.74, 6) is 0.376. The topological polar surface area (TPSA) is 85.2 Å². The molecule has 1 amide bonds. The lowest BCUT2D eigenvalue weighted by atomic mass is 10.1. The first-order valence-electron chi connectivity index (χ1n) is 8.14. The molecule has 1 aliphatic heterocycles. The number of carbonyl (C=O) groups is 1. The second-order valence-corrected chi connectivity index (χ2v) is 8.96. The quantitative estimate of drug-likeness (QED) is 0.806. The third-order valence-electron chi connectivity index (χ3n) is 4.24. The summed E-state index contributed by atoms with van der Waals surface area (Å²) < 4.78 is 25.1. The van der Waals surface area contributed by atoms with Gasteiger partial charge in [-0.15, -0.1) is 5.10 Å². The summed E-state index contributed by atoms with van der Waals surface area (Å²) in [5.41, 5.74) is 1.54. The SMILES string of the molecule is CC(C)CN(C(=O)Cn1nnc2ccccc21)[C@H]1CCS(=O)(=O)C1. The van der Waals surface area contributed by atoms with E-state index in [9.17, 15) is 13.2 Å². The van der Waals surface area contributed by atoms with Crippen molar-refractivity contribution >= 4 is 26.8 Å². The minimum Gasteiger partial charge on any atom is -0.337 e. The third-order valence-corrected chi connectivity index (χ3v) is 5.99. The van der Waals surface area contributed by atoms with E-state index in [0.717, 1.165) is 11.0 Å². The van der Waals surface area contributed by atoms with Crippen LogP contribution in [-0.4, -0.2) is 58.3 Å². The van der Waals surface area contributed by atoms with Crippen LogP contribution in [0.5, 0.6) is 0 Å². The molecule has 0 aliphatic carbocycles. The Labute approximate surface area is 141 Å². The van der Waals surface area contributed by atoms with Crippen molar-refractivity contribution in [2.24, 2.45) is 5.92 Å². The Hall–Kier alpha value is -1.96. The van der Waals surface area contributed by atoms with Gasteiger partial charge >= 0.3 is 0 Å². The van der Waals surface area contributed by atoms with E-state index in [-0.39, 0.29) is 35.9 Å². The molecule has 0 radical (unpaired) electrons. The van der Waals surface area contributed by atoms with Crippen LogP contribution < -0.4 is 0 Å². The molecule has 1 aromatic heterocycles. The fourth-order valence-corrected chi connectivity index (χ4v) is 4.85. The molecule has 1 aromatic carbocycles. The standard InChI is InChI=1S/C16H22N4O3S/c1-12(2)9-19(13-7-8-24(22,23)11-13)16(21)10-20-15-6-4-3-5-14(15)17-18-20/h3-6,12-13H,7-11H2,1-2H3/t13-/m0/s1. The third kappa shape index (κ3) is 3.58. The van der Waals surface area contributed by atoms with Gasteiger partial charge in [0.05, 0.1) is 17.0 Å². The predicted octanol–water partition coefficient (Wildman–Crippen LogP) is 1.10. The smallest absolute Gasteiger partial charge is 0.244 e. The average molecular weight is 350 g/mol. The summed E-state index contributed by atoms with van der Waals surface area (Å²) in [6.07, 6.45) is 0.513. The largest absolute Gasteiger partial charge is 0.337 e. The average Bonchev–Trinajstić information content (AvgIpc) is 3.08. The molecular formula is C16H22N4O3S. The zero-order valence-corrected chi connectivity index (χ0v) is 14.7. The van der Waals surface area contributed by atoms with Crippen LogP contribution in [-0.2, 0) is 21.2 Å². The molecule has 2 aromatic rings. The van der Waals surface area contributed by atoms with Crippen molar-refractivity contribution < 1.29 is 13.2 Å². The Morgan fingerprint density at radius 2 is 2.12 bits per heavy atom. The van der Waals surface area contributed by atoms with E-state index in [1.165, 1.54) is 0 Å². The summed E-state index contributed by atoms with van der Waals surface area (Å²) in [6, 6.07) is 7.23. The van der Waals surface area contributed by atoms with Gasteiger partial charge in [-0.3, -0.25) is 4.79 Å². The molecule has 130 valence electrons. The Kier molecular flexibility index (Phi) is 4.58. The van der Waals surface area contributed by atoms with Gasteiger partial charge in [0.25, 0.3) is 0 Å².